The van der Waals surface area contributed by atoms with Gasteiger partial charge in [0.2, 0.25) is 0 Å². The van der Waals surface area contributed by atoms with E-state index < -0.39 is 0 Å². The highest BCUT2D eigenvalue weighted by Crippen LogP contribution is 2.21. The number of aromatic amines is 1. The van der Waals surface area contributed by atoms with Crippen LogP contribution < -0.4 is 11.2 Å². The molecule has 0 saturated carbocycles. The first-order valence-electron chi connectivity index (χ1n) is 8.60. The molecule has 0 spiro atoms. The Kier molecular flexibility index (Phi) is 4.87. The number of piperidine rings is 1. The van der Waals surface area contributed by atoms with Crippen molar-refractivity contribution in [2.45, 2.75) is 32.7 Å². The third kappa shape index (κ3) is 3.42. The van der Waals surface area contributed by atoms with Crippen LogP contribution in [0.2, 0.25) is 0 Å². The van der Waals surface area contributed by atoms with E-state index in [9.17, 15) is 14.4 Å². The highest BCUT2D eigenvalue weighted by molar-refractivity contribution is 5.93. The second kappa shape index (κ2) is 7.08. The van der Waals surface area contributed by atoms with Crippen LogP contribution in [0, 0.1) is 5.92 Å². The largest absolute Gasteiger partial charge is 0.343 e. The van der Waals surface area contributed by atoms with Crippen LogP contribution in [0.15, 0.2) is 27.9 Å². The summed E-state index contributed by atoms with van der Waals surface area (Å²) in [5.74, 6) is 0.947. The topological polar surface area (TPSA) is 93.0 Å². The van der Waals surface area contributed by atoms with E-state index in [2.05, 4.69) is 10.2 Å². The van der Waals surface area contributed by atoms with E-state index in [0.717, 1.165) is 25.1 Å². The van der Waals surface area contributed by atoms with Gasteiger partial charge in [-0.1, -0.05) is 0 Å². The Morgan fingerprint density at radius 1 is 1.32 bits per heavy atom. The van der Waals surface area contributed by atoms with Crippen LogP contribution in [0.4, 0.5) is 0 Å². The average molecular weight is 345 g/mol. The average Bonchev–Trinajstić information content (AvgIpc) is 2.97. The van der Waals surface area contributed by atoms with Gasteiger partial charge in [0.25, 0.3) is 11.5 Å². The smallest absolute Gasteiger partial charge is 0.338 e. The van der Waals surface area contributed by atoms with Gasteiger partial charge in [0.1, 0.15) is 11.4 Å². The molecule has 8 nitrogen and oxygen atoms in total. The number of rotatable bonds is 4. The molecule has 3 heterocycles. The van der Waals surface area contributed by atoms with Crippen molar-refractivity contribution in [1.82, 2.24) is 24.2 Å². The van der Waals surface area contributed by atoms with Crippen LogP contribution in [0.3, 0.4) is 0 Å². The fourth-order valence-corrected chi connectivity index (χ4v) is 3.36. The maximum absolute atomic E-state index is 12.6. The van der Waals surface area contributed by atoms with Gasteiger partial charge in [-0.25, -0.2) is 9.89 Å². The number of pyridine rings is 1. The van der Waals surface area contributed by atoms with Crippen LogP contribution in [-0.4, -0.2) is 43.2 Å². The molecule has 2 aromatic heterocycles. The number of aryl methyl sites for hydroxylation is 1. The molecule has 1 amide bonds. The fraction of sp³-hybridized carbons (Fsp3) is 0.529. The molecule has 1 N–H and O–H groups in total. The molecule has 25 heavy (non-hydrogen) atoms. The molecule has 0 bridgehead atoms. The molecular formula is C17H23N5O3. The number of hydrogen-bond acceptors (Lipinski definition) is 4. The van der Waals surface area contributed by atoms with E-state index in [1.54, 1.807) is 34.8 Å². The molecule has 2 aromatic rings. The molecular weight excluding hydrogens is 322 g/mol. The highest BCUT2D eigenvalue weighted by atomic mass is 16.2. The SMILES string of the molecule is CCn1c(CC2CCN(C(=O)c3cccn(C)c3=O)CC2)n[nH]c1=O. The lowest BCUT2D eigenvalue weighted by Gasteiger charge is -2.31. The monoisotopic (exact) mass is 345 g/mol. The lowest BCUT2D eigenvalue weighted by Crippen LogP contribution is -2.41. The van der Waals surface area contributed by atoms with E-state index in [0.29, 0.717) is 25.6 Å². The molecule has 1 aliphatic heterocycles. The predicted octanol–water partition coefficient (Wildman–Crippen LogP) is 0.385. The number of hydrogen-bond donors (Lipinski definition) is 1. The van der Waals surface area contributed by atoms with Crippen molar-refractivity contribution in [3.63, 3.8) is 0 Å². The van der Waals surface area contributed by atoms with E-state index in [1.165, 1.54) is 4.57 Å². The zero-order chi connectivity index (χ0) is 18.0. The van der Waals surface area contributed by atoms with E-state index >= 15 is 0 Å². The Balaban J connectivity index is 1.63. The highest BCUT2D eigenvalue weighted by Gasteiger charge is 2.26. The number of nitrogens with zero attached hydrogens (tertiary/aromatic N) is 4. The van der Waals surface area contributed by atoms with Crippen molar-refractivity contribution in [1.29, 1.82) is 0 Å². The summed E-state index contributed by atoms with van der Waals surface area (Å²) in [7, 11) is 1.64. The number of likely N-dealkylation sites (tertiary alicyclic amines) is 1. The number of carbonyl (C=O) groups excluding carboxylic acids is 1. The van der Waals surface area contributed by atoms with Crippen molar-refractivity contribution in [2.24, 2.45) is 13.0 Å². The van der Waals surface area contributed by atoms with Crippen LogP contribution in [0.25, 0.3) is 0 Å². The zero-order valence-corrected chi connectivity index (χ0v) is 14.6. The summed E-state index contributed by atoms with van der Waals surface area (Å²) < 4.78 is 3.06. The summed E-state index contributed by atoms with van der Waals surface area (Å²) in [6.07, 6.45) is 4.04. The van der Waals surface area contributed by atoms with Crippen molar-refractivity contribution in [2.75, 3.05) is 13.1 Å². The molecule has 0 unspecified atom stereocenters. The standard InChI is InChI=1S/C17H23N5O3/c1-3-22-14(18-19-17(22)25)11-12-6-9-21(10-7-12)16(24)13-5-4-8-20(2)15(13)23/h4-5,8,12H,3,6-7,9-11H2,1-2H3,(H,19,25). The summed E-state index contributed by atoms with van der Waals surface area (Å²) >= 11 is 0. The van der Waals surface area contributed by atoms with E-state index in [-0.39, 0.29) is 22.7 Å². The third-order valence-corrected chi connectivity index (χ3v) is 4.88. The number of H-pyrrole nitrogens is 1. The van der Waals surface area contributed by atoms with Crippen LogP contribution in [-0.2, 0) is 20.0 Å². The molecule has 0 radical (unpaired) electrons. The zero-order valence-electron chi connectivity index (χ0n) is 14.6. The fourth-order valence-electron chi connectivity index (χ4n) is 3.36. The van der Waals surface area contributed by atoms with Gasteiger partial charge in [-0.2, -0.15) is 5.10 Å². The summed E-state index contributed by atoms with van der Waals surface area (Å²) in [5, 5.41) is 6.60. The van der Waals surface area contributed by atoms with E-state index in [1.807, 2.05) is 6.92 Å². The minimum atomic E-state index is -0.266. The first kappa shape index (κ1) is 17.2. The van der Waals surface area contributed by atoms with Crippen LogP contribution in [0.5, 0.6) is 0 Å². The van der Waals surface area contributed by atoms with Crippen LogP contribution in [0.1, 0.15) is 35.9 Å². The van der Waals surface area contributed by atoms with Crippen molar-refractivity contribution in [3.8, 4) is 0 Å². The number of nitrogens with one attached hydrogen (secondary N) is 1. The van der Waals surface area contributed by atoms with Crippen molar-refractivity contribution in [3.05, 3.63) is 50.6 Å². The molecule has 0 atom stereocenters. The normalized spacial score (nSPS) is 15.5. The minimum Gasteiger partial charge on any atom is -0.338 e. The van der Waals surface area contributed by atoms with Crippen LogP contribution >= 0.6 is 0 Å². The Hall–Kier alpha value is -2.64. The van der Waals surface area contributed by atoms with Gasteiger partial charge in [-0.15, -0.1) is 0 Å². The minimum absolute atomic E-state index is 0.176. The maximum Gasteiger partial charge on any atom is 0.343 e. The van der Waals surface area contributed by atoms with Gasteiger partial charge in [0.05, 0.1) is 0 Å². The first-order chi connectivity index (χ1) is 12.0. The second-order valence-electron chi connectivity index (χ2n) is 6.47. The van der Waals surface area contributed by atoms with Gasteiger partial charge in [-0.05, 0) is 37.8 Å². The predicted molar refractivity (Wildman–Crippen MR) is 92.5 cm³/mol. The Labute approximate surface area is 145 Å². The lowest BCUT2D eigenvalue weighted by atomic mass is 9.93. The Morgan fingerprint density at radius 2 is 2.04 bits per heavy atom. The second-order valence-corrected chi connectivity index (χ2v) is 6.47. The number of carbonyl (C=O) groups is 1. The quantitative estimate of drug-likeness (QED) is 0.867. The molecule has 0 aromatic carbocycles. The summed E-state index contributed by atoms with van der Waals surface area (Å²) in [5.41, 5.74) is -0.223. The first-order valence-corrected chi connectivity index (χ1v) is 8.60. The molecule has 3 rings (SSSR count). The molecule has 1 aliphatic rings. The summed E-state index contributed by atoms with van der Waals surface area (Å²) in [6.45, 7) is 3.74. The lowest BCUT2D eigenvalue weighted by molar-refractivity contribution is 0.0687. The Bertz CT molecular complexity index is 871. The van der Waals surface area contributed by atoms with Gasteiger partial charge < -0.3 is 9.47 Å². The molecule has 8 heteroatoms. The third-order valence-electron chi connectivity index (χ3n) is 4.88. The summed E-state index contributed by atoms with van der Waals surface area (Å²) in [6, 6.07) is 3.30. The molecule has 1 fully saturated rings. The van der Waals surface area contributed by atoms with Gasteiger partial charge in [0.15, 0.2) is 0 Å². The summed E-state index contributed by atoms with van der Waals surface area (Å²) in [4.78, 5) is 38.1. The van der Waals surface area contributed by atoms with E-state index in [4.69, 9.17) is 0 Å². The molecule has 1 saturated heterocycles. The van der Waals surface area contributed by atoms with Gasteiger partial charge in [0, 0.05) is 39.3 Å². The van der Waals surface area contributed by atoms with Gasteiger partial charge >= 0.3 is 5.69 Å². The number of aromatic nitrogens is 4. The Morgan fingerprint density at radius 3 is 2.72 bits per heavy atom. The number of amides is 1. The van der Waals surface area contributed by atoms with Crippen molar-refractivity contribution < 1.29 is 4.79 Å². The molecule has 0 aliphatic carbocycles. The van der Waals surface area contributed by atoms with Crippen molar-refractivity contribution >= 4 is 5.91 Å². The van der Waals surface area contributed by atoms with Gasteiger partial charge in [-0.3, -0.25) is 14.2 Å². The maximum atomic E-state index is 12.6. The molecule has 134 valence electrons.